The first-order valence-electron chi connectivity index (χ1n) is 6.68. The molecule has 3 rings (SSSR count). The maximum atomic E-state index is 11.6. The van der Waals surface area contributed by atoms with Gasteiger partial charge in [-0.25, -0.2) is 4.79 Å². The minimum absolute atomic E-state index is 0.0353. The molecule has 0 fully saturated rings. The standard InChI is InChI=1S/C16H16N2O3/c1-10(20-3)12-6-7-17-9-13(12)11-4-5-15-14(8-11)18(2)16(19)21-15/h4-10H,1-3H3. The van der Waals surface area contributed by atoms with Crippen LogP contribution < -0.4 is 5.76 Å². The summed E-state index contributed by atoms with van der Waals surface area (Å²) in [4.78, 5) is 15.8. The number of methoxy groups -OCH3 is 1. The van der Waals surface area contributed by atoms with Gasteiger partial charge in [0.15, 0.2) is 5.58 Å². The molecule has 0 aliphatic heterocycles. The van der Waals surface area contributed by atoms with E-state index in [-0.39, 0.29) is 11.9 Å². The van der Waals surface area contributed by atoms with Crippen LogP contribution in [0.5, 0.6) is 0 Å². The molecule has 21 heavy (non-hydrogen) atoms. The van der Waals surface area contributed by atoms with Gasteiger partial charge in [-0.2, -0.15) is 0 Å². The van der Waals surface area contributed by atoms with Crippen molar-refractivity contribution in [2.24, 2.45) is 7.05 Å². The predicted molar refractivity (Wildman–Crippen MR) is 80.1 cm³/mol. The van der Waals surface area contributed by atoms with Crippen LogP contribution in [-0.2, 0) is 11.8 Å². The van der Waals surface area contributed by atoms with Crippen LogP contribution in [0, 0.1) is 0 Å². The summed E-state index contributed by atoms with van der Waals surface area (Å²) in [7, 11) is 3.37. The third-order valence-electron chi connectivity index (χ3n) is 3.75. The fraction of sp³-hybridized carbons (Fsp3) is 0.250. The second-order valence-corrected chi connectivity index (χ2v) is 4.95. The number of aromatic nitrogens is 2. The van der Waals surface area contributed by atoms with Gasteiger partial charge < -0.3 is 9.15 Å². The first kappa shape index (κ1) is 13.6. The van der Waals surface area contributed by atoms with E-state index < -0.39 is 0 Å². The summed E-state index contributed by atoms with van der Waals surface area (Å²) in [5.41, 5.74) is 4.36. The zero-order valence-electron chi connectivity index (χ0n) is 12.2. The molecule has 108 valence electrons. The topological polar surface area (TPSA) is 57.3 Å². The van der Waals surface area contributed by atoms with Crippen LogP contribution in [0.3, 0.4) is 0 Å². The second kappa shape index (κ2) is 5.18. The lowest BCUT2D eigenvalue weighted by atomic mass is 9.99. The molecule has 5 nitrogen and oxygen atoms in total. The van der Waals surface area contributed by atoms with Crippen molar-refractivity contribution in [3.8, 4) is 11.1 Å². The van der Waals surface area contributed by atoms with Crippen molar-refractivity contribution >= 4 is 11.1 Å². The number of nitrogens with zero attached hydrogens (tertiary/aromatic N) is 2. The maximum Gasteiger partial charge on any atom is 0.419 e. The quantitative estimate of drug-likeness (QED) is 0.742. The van der Waals surface area contributed by atoms with Gasteiger partial charge in [-0.3, -0.25) is 9.55 Å². The number of oxazole rings is 1. The molecule has 0 N–H and O–H groups in total. The molecule has 1 unspecified atom stereocenters. The molecule has 0 amide bonds. The van der Waals surface area contributed by atoms with E-state index in [2.05, 4.69) is 4.98 Å². The molecule has 2 aromatic heterocycles. The highest BCUT2D eigenvalue weighted by atomic mass is 16.5. The Labute approximate surface area is 121 Å². The summed E-state index contributed by atoms with van der Waals surface area (Å²) in [6.45, 7) is 1.99. The Morgan fingerprint density at radius 2 is 2.14 bits per heavy atom. The molecule has 0 saturated carbocycles. The largest absolute Gasteiger partial charge is 0.419 e. The molecular weight excluding hydrogens is 268 g/mol. The molecule has 2 heterocycles. The smallest absolute Gasteiger partial charge is 0.408 e. The Morgan fingerprint density at radius 1 is 1.33 bits per heavy atom. The van der Waals surface area contributed by atoms with Gasteiger partial charge in [-0.1, -0.05) is 6.07 Å². The van der Waals surface area contributed by atoms with Gasteiger partial charge in [-0.15, -0.1) is 0 Å². The molecule has 0 radical (unpaired) electrons. The molecule has 0 bridgehead atoms. The van der Waals surface area contributed by atoms with Gasteiger partial charge in [0.25, 0.3) is 0 Å². The van der Waals surface area contributed by atoms with Gasteiger partial charge in [0.2, 0.25) is 0 Å². The Balaban J connectivity index is 2.21. The zero-order chi connectivity index (χ0) is 15.0. The Hall–Kier alpha value is -2.40. The molecule has 0 spiro atoms. The van der Waals surface area contributed by atoms with E-state index in [0.717, 1.165) is 22.2 Å². The highest BCUT2D eigenvalue weighted by molar-refractivity contribution is 5.81. The lowest BCUT2D eigenvalue weighted by Gasteiger charge is -2.14. The van der Waals surface area contributed by atoms with Gasteiger partial charge in [0.1, 0.15) is 0 Å². The lowest BCUT2D eigenvalue weighted by molar-refractivity contribution is 0.120. The van der Waals surface area contributed by atoms with Crippen LogP contribution in [0.2, 0.25) is 0 Å². The molecule has 5 heteroatoms. The lowest BCUT2D eigenvalue weighted by Crippen LogP contribution is -2.08. The minimum Gasteiger partial charge on any atom is -0.408 e. The molecule has 1 aromatic carbocycles. The van der Waals surface area contributed by atoms with E-state index in [1.807, 2.05) is 31.3 Å². The molecule has 0 aliphatic rings. The number of pyridine rings is 1. The fourth-order valence-corrected chi connectivity index (χ4v) is 2.42. The van der Waals surface area contributed by atoms with Crippen LogP contribution in [0.4, 0.5) is 0 Å². The Kier molecular flexibility index (Phi) is 3.35. The number of benzene rings is 1. The Morgan fingerprint density at radius 3 is 2.90 bits per heavy atom. The fourth-order valence-electron chi connectivity index (χ4n) is 2.42. The molecule has 0 aliphatic carbocycles. The maximum absolute atomic E-state index is 11.6. The number of hydrogen-bond donors (Lipinski definition) is 0. The highest BCUT2D eigenvalue weighted by Crippen LogP contribution is 2.30. The van der Waals surface area contributed by atoms with Crippen LogP contribution >= 0.6 is 0 Å². The molecule has 3 aromatic rings. The van der Waals surface area contributed by atoms with Crippen molar-refractivity contribution in [1.82, 2.24) is 9.55 Å². The first-order chi connectivity index (χ1) is 10.1. The summed E-state index contributed by atoms with van der Waals surface area (Å²) in [5.74, 6) is -0.362. The third-order valence-corrected chi connectivity index (χ3v) is 3.75. The van der Waals surface area contributed by atoms with Crippen molar-refractivity contribution in [2.75, 3.05) is 7.11 Å². The summed E-state index contributed by atoms with van der Waals surface area (Å²) < 4.78 is 12.1. The highest BCUT2D eigenvalue weighted by Gasteiger charge is 2.13. The minimum atomic E-state index is -0.362. The van der Waals surface area contributed by atoms with E-state index in [9.17, 15) is 4.79 Å². The number of hydrogen-bond acceptors (Lipinski definition) is 4. The number of rotatable bonds is 3. The first-order valence-corrected chi connectivity index (χ1v) is 6.68. The summed E-state index contributed by atoms with van der Waals surface area (Å²) in [6, 6.07) is 7.61. The zero-order valence-corrected chi connectivity index (χ0v) is 12.2. The van der Waals surface area contributed by atoms with Gasteiger partial charge in [0, 0.05) is 32.1 Å². The molecule has 1 atom stereocenters. The average molecular weight is 284 g/mol. The van der Waals surface area contributed by atoms with Crippen molar-refractivity contribution < 1.29 is 9.15 Å². The van der Waals surface area contributed by atoms with Crippen molar-refractivity contribution in [2.45, 2.75) is 13.0 Å². The second-order valence-electron chi connectivity index (χ2n) is 4.95. The van der Waals surface area contributed by atoms with Crippen LogP contribution in [0.1, 0.15) is 18.6 Å². The van der Waals surface area contributed by atoms with Gasteiger partial charge >= 0.3 is 5.76 Å². The van der Waals surface area contributed by atoms with E-state index in [1.54, 1.807) is 26.4 Å². The Bertz CT molecular complexity index is 848. The van der Waals surface area contributed by atoms with Crippen LogP contribution in [0.15, 0.2) is 45.9 Å². The van der Waals surface area contributed by atoms with Gasteiger partial charge in [0.05, 0.1) is 11.6 Å². The van der Waals surface area contributed by atoms with Crippen LogP contribution in [0.25, 0.3) is 22.2 Å². The normalized spacial score (nSPS) is 12.7. The van der Waals surface area contributed by atoms with E-state index in [1.165, 1.54) is 4.57 Å². The molecular formula is C16H16N2O3. The number of aryl methyl sites for hydroxylation is 1. The van der Waals surface area contributed by atoms with Crippen molar-refractivity contribution in [3.63, 3.8) is 0 Å². The van der Waals surface area contributed by atoms with Crippen molar-refractivity contribution in [1.29, 1.82) is 0 Å². The van der Waals surface area contributed by atoms with E-state index in [4.69, 9.17) is 9.15 Å². The monoisotopic (exact) mass is 284 g/mol. The number of ether oxygens (including phenoxy) is 1. The number of fused-ring (bicyclic) bond motifs is 1. The SMILES string of the molecule is COC(C)c1ccncc1-c1ccc2oc(=O)n(C)c2c1. The van der Waals surface area contributed by atoms with Gasteiger partial charge in [-0.05, 0) is 36.2 Å². The van der Waals surface area contributed by atoms with E-state index >= 15 is 0 Å². The van der Waals surface area contributed by atoms with Crippen LogP contribution in [-0.4, -0.2) is 16.7 Å². The average Bonchev–Trinajstić information content (AvgIpc) is 2.81. The van der Waals surface area contributed by atoms with E-state index in [0.29, 0.717) is 5.58 Å². The summed E-state index contributed by atoms with van der Waals surface area (Å²) >= 11 is 0. The summed E-state index contributed by atoms with van der Waals surface area (Å²) in [5, 5.41) is 0. The molecule has 0 saturated heterocycles. The summed E-state index contributed by atoms with van der Waals surface area (Å²) in [6.07, 6.45) is 3.52. The predicted octanol–water partition coefficient (Wildman–Crippen LogP) is 2.90. The van der Waals surface area contributed by atoms with Crippen molar-refractivity contribution in [3.05, 3.63) is 52.8 Å². The third kappa shape index (κ3) is 2.25.